The Kier molecular flexibility index (Phi) is 3.80. The van der Waals surface area contributed by atoms with Gasteiger partial charge in [-0.05, 0) is 36.5 Å². The number of carbonyl (C=O) groups is 1. The number of esters is 1. The van der Waals surface area contributed by atoms with Crippen molar-refractivity contribution >= 4 is 5.97 Å². The molecule has 3 aliphatic rings. The maximum Gasteiger partial charge on any atom is 0.376 e. The molecule has 0 aromatic rings. The summed E-state index contributed by atoms with van der Waals surface area (Å²) in [7, 11) is 1.32. The Morgan fingerprint density at radius 1 is 1.43 bits per heavy atom. The molecule has 0 aromatic heterocycles. The van der Waals surface area contributed by atoms with Crippen LogP contribution in [0.5, 0.6) is 0 Å². The van der Waals surface area contributed by atoms with Gasteiger partial charge in [-0.2, -0.15) is 0 Å². The average Bonchev–Trinajstić information content (AvgIpc) is 2.49. The third kappa shape index (κ3) is 2.59. The summed E-state index contributed by atoms with van der Waals surface area (Å²) in [5.74, 6) is -0.532. The smallest absolute Gasteiger partial charge is 0.376 e. The quantitative estimate of drug-likeness (QED) is 0.695. The zero-order chi connectivity index (χ0) is 14.8. The predicted molar refractivity (Wildman–Crippen MR) is 78.1 cm³/mol. The maximum absolute atomic E-state index is 11.8. The first-order chi connectivity index (χ1) is 10.2. The van der Waals surface area contributed by atoms with Crippen molar-refractivity contribution in [3.05, 3.63) is 58.9 Å². The van der Waals surface area contributed by atoms with Crippen molar-refractivity contribution in [2.45, 2.75) is 32.2 Å². The number of hydrogen-bond donors (Lipinski definition) is 0. The van der Waals surface area contributed by atoms with Gasteiger partial charge in [0.05, 0.1) is 13.4 Å². The number of rotatable bonds is 1. The molecule has 0 saturated carbocycles. The molecule has 21 heavy (non-hydrogen) atoms. The molecule has 0 saturated heterocycles. The molecule has 0 radical (unpaired) electrons. The van der Waals surface area contributed by atoms with Gasteiger partial charge in [0.2, 0.25) is 0 Å². The summed E-state index contributed by atoms with van der Waals surface area (Å²) in [5.41, 5.74) is 4.51. The zero-order valence-electron chi connectivity index (χ0n) is 12.2. The van der Waals surface area contributed by atoms with E-state index in [4.69, 9.17) is 14.2 Å². The fourth-order valence-corrected chi connectivity index (χ4v) is 2.83. The molecule has 0 spiro atoms. The fraction of sp³-hybridized carbons (Fsp3) is 0.353. The van der Waals surface area contributed by atoms with E-state index in [1.807, 2.05) is 18.2 Å². The van der Waals surface area contributed by atoms with Crippen molar-refractivity contribution in [2.75, 3.05) is 7.11 Å². The third-order valence-corrected chi connectivity index (χ3v) is 3.86. The summed E-state index contributed by atoms with van der Waals surface area (Å²) >= 11 is 0. The summed E-state index contributed by atoms with van der Waals surface area (Å²) in [6.07, 6.45) is 12.3. The number of ether oxygens (including phenoxy) is 3. The lowest BCUT2D eigenvalue weighted by Crippen LogP contribution is -2.34. The summed E-state index contributed by atoms with van der Waals surface area (Å²) < 4.78 is 16.0. The second kappa shape index (κ2) is 5.74. The van der Waals surface area contributed by atoms with Gasteiger partial charge < -0.3 is 14.2 Å². The number of hydrogen-bond acceptors (Lipinski definition) is 4. The molecule has 4 heteroatoms. The van der Waals surface area contributed by atoms with E-state index in [0.717, 1.165) is 29.6 Å². The predicted octanol–water partition coefficient (Wildman–Crippen LogP) is 2.95. The van der Waals surface area contributed by atoms with Crippen LogP contribution in [0.2, 0.25) is 0 Å². The molecule has 0 N–H and O–H groups in total. The van der Waals surface area contributed by atoms with Gasteiger partial charge in [0.15, 0.2) is 0 Å². The van der Waals surface area contributed by atoms with Gasteiger partial charge in [-0.25, -0.2) is 4.79 Å². The van der Waals surface area contributed by atoms with Crippen LogP contribution in [0.15, 0.2) is 58.9 Å². The zero-order valence-corrected chi connectivity index (χ0v) is 12.2. The van der Waals surface area contributed by atoms with E-state index in [1.165, 1.54) is 12.7 Å². The first-order valence-electron chi connectivity index (χ1n) is 7.05. The van der Waals surface area contributed by atoms with Gasteiger partial charge >= 0.3 is 5.97 Å². The molecular weight excluding hydrogens is 268 g/mol. The van der Waals surface area contributed by atoms with Crippen molar-refractivity contribution in [3.8, 4) is 0 Å². The number of allylic oxidation sites excluding steroid dienone is 6. The van der Waals surface area contributed by atoms with Crippen LogP contribution in [-0.2, 0) is 19.0 Å². The summed E-state index contributed by atoms with van der Waals surface area (Å²) in [4.78, 5) is 11.8. The minimum atomic E-state index is -1.05. The minimum absolute atomic E-state index is 0.288. The lowest BCUT2D eigenvalue weighted by Gasteiger charge is -2.31. The van der Waals surface area contributed by atoms with E-state index in [-0.39, 0.29) is 6.10 Å². The highest BCUT2D eigenvalue weighted by Crippen LogP contribution is 2.36. The largest absolute Gasteiger partial charge is 0.464 e. The molecular formula is C17H18O4. The molecule has 3 rings (SSSR count). The van der Waals surface area contributed by atoms with Crippen molar-refractivity contribution in [1.82, 2.24) is 0 Å². The molecule has 0 amide bonds. The van der Waals surface area contributed by atoms with Crippen LogP contribution >= 0.6 is 0 Å². The molecule has 2 unspecified atom stereocenters. The van der Waals surface area contributed by atoms with E-state index in [9.17, 15) is 4.79 Å². The van der Waals surface area contributed by atoms with Gasteiger partial charge in [-0.15, -0.1) is 0 Å². The highest BCUT2D eigenvalue weighted by molar-refractivity contribution is 5.73. The Hall–Kier alpha value is -2.07. The van der Waals surface area contributed by atoms with E-state index >= 15 is 0 Å². The summed E-state index contributed by atoms with van der Waals surface area (Å²) in [6.45, 7) is 2.06. The van der Waals surface area contributed by atoms with Crippen LogP contribution in [0.25, 0.3) is 0 Å². The Morgan fingerprint density at radius 3 is 3.10 bits per heavy atom. The van der Waals surface area contributed by atoms with Gasteiger partial charge in [-0.3, -0.25) is 0 Å². The Balaban J connectivity index is 2.07. The second-order valence-corrected chi connectivity index (χ2v) is 5.19. The first kappa shape index (κ1) is 13.9. The van der Waals surface area contributed by atoms with Gasteiger partial charge in [0.25, 0.3) is 6.29 Å². The monoisotopic (exact) mass is 286 g/mol. The number of fused-ring (bicyclic) bond motifs is 2. The molecule has 2 aliphatic carbocycles. The normalized spacial score (nSPS) is 31.0. The standard InChI is InChI=1S/C17H18O4/c1-11-6-5-9-14-15(11)13-8-4-3-7-12(13)10-20-17(21-14)16(18)19-2/h3,5-7,9-10,14,17H,4,8H2,1-2H3/b12-10?,15-13-. The van der Waals surface area contributed by atoms with Crippen LogP contribution in [0.3, 0.4) is 0 Å². The van der Waals surface area contributed by atoms with Crippen LogP contribution in [-0.4, -0.2) is 25.5 Å². The van der Waals surface area contributed by atoms with Crippen molar-refractivity contribution in [3.63, 3.8) is 0 Å². The summed E-state index contributed by atoms with van der Waals surface area (Å²) in [5, 5.41) is 0. The topological polar surface area (TPSA) is 44.8 Å². The Bertz CT molecular complexity index is 604. The minimum Gasteiger partial charge on any atom is -0.464 e. The van der Waals surface area contributed by atoms with E-state index in [2.05, 4.69) is 19.1 Å². The number of carbonyl (C=O) groups excluding carboxylic acids is 1. The highest BCUT2D eigenvalue weighted by Gasteiger charge is 2.31. The van der Waals surface area contributed by atoms with Gasteiger partial charge in [0.1, 0.15) is 6.10 Å². The molecule has 4 nitrogen and oxygen atoms in total. The van der Waals surface area contributed by atoms with Gasteiger partial charge in [-0.1, -0.05) is 30.4 Å². The SMILES string of the molecule is COC(=O)C1OC=C2C=CCC/C2=C2\C(C)=CC=CC2O1. The Labute approximate surface area is 124 Å². The molecule has 1 aliphatic heterocycles. The van der Waals surface area contributed by atoms with Crippen LogP contribution in [0.1, 0.15) is 19.8 Å². The van der Waals surface area contributed by atoms with Gasteiger partial charge in [0, 0.05) is 5.57 Å². The molecule has 2 atom stereocenters. The molecule has 1 heterocycles. The highest BCUT2D eigenvalue weighted by atomic mass is 16.7. The van der Waals surface area contributed by atoms with Crippen molar-refractivity contribution in [1.29, 1.82) is 0 Å². The molecule has 110 valence electrons. The van der Waals surface area contributed by atoms with Crippen LogP contribution in [0, 0.1) is 0 Å². The average molecular weight is 286 g/mol. The first-order valence-corrected chi connectivity index (χ1v) is 7.05. The lowest BCUT2D eigenvalue weighted by molar-refractivity contribution is -0.185. The Morgan fingerprint density at radius 2 is 2.29 bits per heavy atom. The van der Waals surface area contributed by atoms with Crippen LogP contribution < -0.4 is 0 Å². The van der Waals surface area contributed by atoms with E-state index in [0.29, 0.717) is 0 Å². The van der Waals surface area contributed by atoms with E-state index < -0.39 is 12.3 Å². The van der Waals surface area contributed by atoms with E-state index in [1.54, 1.807) is 6.26 Å². The molecule has 0 fully saturated rings. The van der Waals surface area contributed by atoms with Crippen LogP contribution in [0.4, 0.5) is 0 Å². The summed E-state index contributed by atoms with van der Waals surface area (Å²) in [6, 6.07) is 0. The number of methoxy groups -OCH3 is 1. The molecule has 0 bridgehead atoms. The van der Waals surface area contributed by atoms with Crippen molar-refractivity contribution in [2.24, 2.45) is 0 Å². The third-order valence-electron chi connectivity index (χ3n) is 3.86. The lowest BCUT2D eigenvalue weighted by atomic mass is 9.84. The maximum atomic E-state index is 11.8. The van der Waals surface area contributed by atoms with Crippen molar-refractivity contribution < 1.29 is 19.0 Å². The fourth-order valence-electron chi connectivity index (χ4n) is 2.83. The molecule has 0 aromatic carbocycles. The second-order valence-electron chi connectivity index (χ2n) is 5.19.